The van der Waals surface area contributed by atoms with Crippen LogP contribution in [0.2, 0.25) is 0 Å². The number of aromatic nitrogens is 6. The number of nitrogens with zero attached hydrogens (tertiary/aromatic N) is 7. The fourth-order valence-electron chi connectivity index (χ4n) is 4.85. The van der Waals surface area contributed by atoms with Crippen molar-refractivity contribution >= 4 is 11.0 Å². The molecule has 0 atom stereocenters. The van der Waals surface area contributed by atoms with E-state index < -0.39 is 5.60 Å². The lowest BCUT2D eigenvalue weighted by Gasteiger charge is -2.38. The smallest absolute Gasteiger partial charge is 0.264 e. The molecule has 0 aliphatic carbocycles. The van der Waals surface area contributed by atoms with Gasteiger partial charge in [0.15, 0.2) is 5.65 Å². The van der Waals surface area contributed by atoms with Crippen molar-refractivity contribution in [1.82, 2.24) is 34.0 Å². The lowest BCUT2D eigenvalue weighted by molar-refractivity contribution is -0.0364. The number of likely N-dealkylation sites (tertiary alicyclic amines) is 1. The van der Waals surface area contributed by atoms with E-state index in [0.717, 1.165) is 11.3 Å². The van der Waals surface area contributed by atoms with Crippen LogP contribution < -0.4 is 5.56 Å². The van der Waals surface area contributed by atoms with E-state index >= 15 is 0 Å². The first kappa shape index (κ1) is 23.3. The highest BCUT2D eigenvalue weighted by molar-refractivity contribution is 5.74. The Hall–Kier alpha value is -4.15. The monoisotopic (exact) mass is 499 g/mol. The van der Waals surface area contributed by atoms with E-state index in [9.17, 15) is 14.3 Å². The Balaban J connectivity index is 1.17. The molecule has 1 aliphatic rings. The normalized spacial score (nSPS) is 15.8. The number of hydrogen-bond acceptors (Lipinski definition) is 6. The Kier molecular flexibility index (Phi) is 5.90. The summed E-state index contributed by atoms with van der Waals surface area (Å²) in [7, 11) is 0. The zero-order valence-corrected chi connectivity index (χ0v) is 20.1. The maximum atomic E-state index is 13.2. The number of para-hydroxylation sites is 1. The standard InChI is InChI=1S/C27H26FN7O2/c28-21-8-6-20(7-9-21)16-32-12-10-27(37,11-13-32)18-33-19-29-25-24(26(33)36)15-31-35(25)23-14-30-34(17-23)22-4-2-1-3-5-22/h1-9,14-15,17,19,37H,10-13,16,18H2. The first-order valence-corrected chi connectivity index (χ1v) is 12.2. The van der Waals surface area contributed by atoms with E-state index in [1.165, 1.54) is 29.2 Å². The summed E-state index contributed by atoms with van der Waals surface area (Å²) in [5.41, 5.74) is 1.83. The molecule has 1 aliphatic heterocycles. The van der Waals surface area contributed by atoms with Crippen LogP contribution in [0.3, 0.4) is 0 Å². The van der Waals surface area contributed by atoms with Gasteiger partial charge in [0.2, 0.25) is 0 Å². The molecule has 0 radical (unpaired) electrons. The predicted molar refractivity (Wildman–Crippen MR) is 136 cm³/mol. The van der Waals surface area contributed by atoms with Crippen molar-refractivity contribution in [1.29, 1.82) is 0 Å². The molecule has 3 aromatic heterocycles. The van der Waals surface area contributed by atoms with Gasteiger partial charge in [0.25, 0.3) is 5.56 Å². The third-order valence-electron chi connectivity index (χ3n) is 6.96. The van der Waals surface area contributed by atoms with Crippen LogP contribution in [0.25, 0.3) is 22.4 Å². The van der Waals surface area contributed by atoms with E-state index in [2.05, 4.69) is 20.1 Å². The van der Waals surface area contributed by atoms with Crippen molar-refractivity contribution in [3.8, 4) is 11.4 Å². The summed E-state index contributed by atoms with van der Waals surface area (Å²) in [6, 6.07) is 16.2. The second-order valence-electron chi connectivity index (χ2n) is 9.58. The number of halogens is 1. The highest BCUT2D eigenvalue weighted by Gasteiger charge is 2.33. The number of aliphatic hydroxyl groups is 1. The van der Waals surface area contributed by atoms with Gasteiger partial charge in [0.1, 0.15) is 23.2 Å². The summed E-state index contributed by atoms with van der Waals surface area (Å²) in [4.78, 5) is 20.0. The Labute approximate surface area is 212 Å². The molecule has 4 heterocycles. The summed E-state index contributed by atoms with van der Waals surface area (Å²) in [6.45, 7) is 2.23. The molecule has 6 rings (SSSR count). The molecule has 0 saturated carbocycles. The molecular weight excluding hydrogens is 473 g/mol. The SMILES string of the molecule is O=c1c2cnn(-c3cnn(-c4ccccc4)c3)c2ncn1CC1(O)CCN(Cc2ccc(F)cc2)CC1. The molecule has 1 fully saturated rings. The molecule has 188 valence electrons. The van der Waals surface area contributed by atoms with Crippen LogP contribution in [0.4, 0.5) is 4.39 Å². The Morgan fingerprint density at radius 2 is 1.70 bits per heavy atom. The Morgan fingerprint density at radius 1 is 0.946 bits per heavy atom. The Bertz CT molecular complexity index is 1580. The zero-order chi connectivity index (χ0) is 25.4. The highest BCUT2D eigenvalue weighted by atomic mass is 19.1. The van der Waals surface area contributed by atoms with Gasteiger partial charge < -0.3 is 5.11 Å². The van der Waals surface area contributed by atoms with Crippen molar-refractivity contribution in [2.75, 3.05) is 13.1 Å². The molecule has 0 bridgehead atoms. The minimum absolute atomic E-state index is 0.163. The summed E-state index contributed by atoms with van der Waals surface area (Å²) >= 11 is 0. The predicted octanol–water partition coefficient (Wildman–Crippen LogP) is 2.93. The maximum absolute atomic E-state index is 13.2. The maximum Gasteiger partial charge on any atom is 0.264 e. The minimum Gasteiger partial charge on any atom is -0.388 e. The van der Waals surface area contributed by atoms with Crippen LogP contribution in [0.15, 0.2) is 84.3 Å². The van der Waals surface area contributed by atoms with E-state index in [1.54, 1.807) is 27.7 Å². The van der Waals surface area contributed by atoms with Crippen molar-refractivity contribution in [2.24, 2.45) is 0 Å². The molecule has 9 nitrogen and oxygen atoms in total. The third-order valence-corrected chi connectivity index (χ3v) is 6.96. The van der Waals surface area contributed by atoms with Crippen molar-refractivity contribution < 1.29 is 9.50 Å². The van der Waals surface area contributed by atoms with Gasteiger partial charge in [-0.2, -0.15) is 10.2 Å². The summed E-state index contributed by atoms with van der Waals surface area (Å²) in [5.74, 6) is -0.249. The first-order chi connectivity index (χ1) is 18.0. The second-order valence-corrected chi connectivity index (χ2v) is 9.58. The highest BCUT2D eigenvalue weighted by Crippen LogP contribution is 2.25. The van der Waals surface area contributed by atoms with E-state index in [0.29, 0.717) is 49.2 Å². The minimum atomic E-state index is -1.01. The fourth-order valence-corrected chi connectivity index (χ4v) is 4.85. The summed E-state index contributed by atoms with van der Waals surface area (Å²) in [5, 5.41) is 20.4. The topological polar surface area (TPSA) is 94.0 Å². The van der Waals surface area contributed by atoms with Gasteiger partial charge in [-0.1, -0.05) is 30.3 Å². The fraction of sp³-hybridized carbons (Fsp3) is 0.259. The van der Waals surface area contributed by atoms with Gasteiger partial charge in [-0.25, -0.2) is 18.7 Å². The van der Waals surface area contributed by atoms with Crippen molar-refractivity contribution in [3.05, 3.63) is 101 Å². The molecule has 37 heavy (non-hydrogen) atoms. The van der Waals surface area contributed by atoms with Crippen LogP contribution in [0, 0.1) is 5.82 Å². The average Bonchev–Trinajstić information content (AvgIpc) is 3.57. The molecule has 5 aromatic rings. The molecule has 1 saturated heterocycles. The molecule has 2 aromatic carbocycles. The van der Waals surface area contributed by atoms with E-state index in [1.807, 2.05) is 36.5 Å². The van der Waals surface area contributed by atoms with Gasteiger partial charge in [-0.05, 0) is 42.7 Å². The summed E-state index contributed by atoms with van der Waals surface area (Å²) < 4.78 is 18.0. The number of benzene rings is 2. The summed E-state index contributed by atoms with van der Waals surface area (Å²) in [6.07, 6.45) is 7.55. The van der Waals surface area contributed by atoms with E-state index in [-0.39, 0.29) is 17.9 Å². The van der Waals surface area contributed by atoms with Crippen LogP contribution in [0.1, 0.15) is 18.4 Å². The van der Waals surface area contributed by atoms with Crippen LogP contribution >= 0.6 is 0 Å². The lowest BCUT2D eigenvalue weighted by Crippen LogP contribution is -2.47. The number of rotatable bonds is 6. The number of fused-ring (bicyclic) bond motifs is 1. The van der Waals surface area contributed by atoms with Crippen molar-refractivity contribution in [2.45, 2.75) is 31.5 Å². The van der Waals surface area contributed by atoms with E-state index in [4.69, 9.17) is 0 Å². The third kappa shape index (κ3) is 4.68. The number of piperidine rings is 1. The average molecular weight is 500 g/mol. The lowest BCUT2D eigenvalue weighted by atomic mass is 9.91. The number of hydrogen-bond donors (Lipinski definition) is 1. The zero-order valence-electron chi connectivity index (χ0n) is 20.1. The largest absolute Gasteiger partial charge is 0.388 e. The van der Waals surface area contributed by atoms with Crippen LogP contribution in [-0.4, -0.2) is 57.8 Å². The quantitative estimate of drug-likeness (QED) is 0.386. The Morgan fingerprint density at radius 3 is 2.46 bits per heavy atom. The van der Waals surface area contributed by atoms with Gasteiger partial charge in [-0.3, -0.25) is 14.3 Å². The first-order valence-electron chi connectivity index (χ1n) is 12.2. The van der Waals surface area contributed by atoms with Gasteiger partial charge in [-0.15, -0.1) is 0 Å². The van der Waals surface area contributed by atoms with Crippen molar-refractivity contribution in [3.63, 3.8) is 0 Å². The second kappa shape index (κ2) is 9.38. The molecule has 0 spiro atoms. The van der Waals surface area contributed by atoms with Gasteiger partial charge in [0.05, 0.1) is 36.4 Å². The molecule has 0 unspecified atom stereocenters. The molecule has 0 amide bonds. The van der Waals surface area contributed by atoms with Gasteiger partial charge in [0, 0.05) is 19.6 Å². The van der Waals surface area contributed by atoms with Crippen LogP contribution in [0.5, 0.6) is 0 Å². The van der Waals surface area contributed by atoms with Gasteiger partial charge >= 0.3 is 0 Å². The molecule has 10 heteroatoms. The van der Waals surface area contributed by atoms with Crippen LogP contribution in [-0.2, 0) is 13.1 Å². The molecular formula is C27H26FN7O2. The molecule has 1 N–H and O–H groups in total.